The second kappa shape index (κ2) is 9.72. The Morgan fingerprint density at radius 2 is 1.89 bits per heavy atom. The zero-order valence-corrected chi connectivity index (χ0v) is 17.3. The first kappa shape index (κ1) is 19.7. The smallest absolute Gasteiger partial charge is 0.250 e. The molecule has 2 aromatic heterocycles. The van der Waals surface area contributed by atoms with Gasteiger partial charge in [0, 0.05) is 5.75 Å². The lowest BCUT2D eigenvalue weighted by atomic mass is 10.2. The van der Waals surface area contributed by atoms with E-state index in [9.17, 15) is 4.79 Å². The molecule has 0 atom stereocenters. The third-order valence-electron chi connectivity index (χ3n) is 3.34. The van der Waals surface area contributed by atoms with E-state index in [0.29, 0.717) is 5.76 Å². The summed E-state index contributed by atoms with van der Waals surface area (Å²) in [7, 11) is 0. The van der Waals surface area contributed by atoms with Crippen molar-refractivity contribution in [3.8, 4) is 0 Å². The fraction of sp³-hybridized carbons (Fsp3) is 0.222. The summed E-state index contributed by atoms with van der Waals surface area (Å²) in [6, 6.07) is 12.1. The zero-order chi connectivity index (χ0) is 19.1. The van der Waals surface area contributed by atoms with Crippen LogP contribution in [0.1, 0.15) is 22.6 Å². The number of benzene rings is 1. The molecule has 2 heterocycles. The molecule has 0 saturated carbocycles. The number of rotatable bonds is 8. The van der Waals surface area contributed by atoms with Gasteiger partial charge in [-0.25, -0.2) is 5.43 Å². The number of nitrogens with zero attached hydrogens (tertiary/aromatic N) is 3. The SMILES string of the molecule is Cc1ccc(CSc2nnc(SCC(=O)N/N=C\c3ccc(C)o3)s2)cc1. The number of hydrogen-bond donors (Lipinski definition) is 1. The van der Waals surface area contributed by atoms with Gasteiger partial charge in [-0.2, -0.15) is 5.10 Å². The van der Waals surface area contributed by atoms with Crippen molar-refractivity contribution in [2.24, 2.45) is 5.10 Å². The predicted octanol–water partition coefficient (Wildman–Crippen LogP) is 4.28. The number of aromatic nitrogens is 2. The summed E-state index contributed by atoms with van der Waals surface area (Å²) in [5, 5.41) is 12.2. The van der Waals surface area contributed by atoms with Crippen LogP contribution in [0, 0.1) is 13.8 Å². The predicted molar refractivity (Wildman–Crippen MR) is 111 cm³/mol. The van der Waals surface area contributed by atoms with Gasteiger partial charge in [-0.1, -0.05) is 64.7 Å². The Kier molecular flexibility index (Phi) is 7.08. The number of nitrogens with one attached hydrogen (secondary N) is 1. The van der Waals surface area contributed by atoms with Crippen LogP contribution in [0.2, 0.25) is 0 Å². The number of hydrogen-bond acceptors (Lipinski definition) is 8. The molecule has 0 saturated heterocycles. The van der Waals surface area contributed by atoms with Gasteiger partial charge in [0.15, 0.2) is 8.68 Å². The largest absolute Gasteiger partial charge is 0.460 e. The minimum Gasteiger partial charge on any atom is -0.460 e. The van der Waals surface area contributed by atoms with Crippen LogP contribution >= 0.6 is 34.9 Å². The minimum absolute atomic E-state index is 0.205. The first-order valence-corrected chi connectivity index (χ1v) is 10.9. The zero-order valence-electron chi connectivity index (χ0n) is 14.8. The molecule has 3 rings (SSSR count). The molecular formula is C18H18N4O2S3. The molecule has 140 valence electrons. The van der Waals surface area contributed by atoms with Crippen LogP contribution in [0.15, 0.2) is 54.6 Å². The van der Waals surface area contributed by atoms with Gasteiger partial charge in [-0.05, 0) is 31.5 Å². The summed E-state index contributed by atoms with van der Waals surface area (Å²) < 4.78 is 6.99. The summed E-state index contributed by atoms with van der Waals surface area (Å²) in [6.45, 7) is 3.92. The number of hydrazone groups is 1. The highest BCUT2D eigenvalue weighted by Crippen LogP contribution is 2.30. The van der Waals surface area contributed by atoms with Crippen molar-refractivity contribution < 1.29 is 9.21 Å². The standard InChI is InChI=1S/C18H18N4O2S3/c1-12-3-6-14(7-4-12)10-25-17-21-22-18(27-17)26-11-16(23)20-19-9-15-8-5-13(2)24-15/h3-9H,10-11H2,1-2H3,(H,20,23)/b19-9-. The van der Waals surface area contributed by atoms with Gasteiger partial charge in [0.05, 0.1) is 12.0 Å². The third kappa shape index (κ3) is 6.53. The first-order chi connectivity index (χ1) is 13.1. The van der Waals surface area contributed by atoms with Crippen LogP contribution in [-0.2, 0) is 10.5 Å². The summed E-state index contributed by atoms with van der Waals surface area (Å²) >= 11 is 4.48. The number of amides is 1. The van der Waals surface area contributed by atoms with Gasteiger partial charge in [-0.15, -0.1) is 10.2 Å². The lowest BCUT2D eigenvalue weighted by Gasteiger charge is -1.99. The van der Waals surface area contributed by atoms with Crippen LogP contribution in [-0.4, -0.2) is 28.1 Å². The second-order valence-corrected chi connectivity index (χ2v) is 9.06. The van der Waals surface area contributed by atoms with Crippen LogP contribution in [0.4, 0.5) is 0 Å². The van der Waals surface area contributed by atoms with Gasteiger partial charge in [0.25, 0.3) is 5.91 Å². The van der Waals surface area contributed by atoms with E-state index in [1.165, 1.54) is 40.4 Å². The molecule has 6 nitrogen and oxygen atoms in total. The molecule has 0 aliphatic heterocycles. The molecule has 3 aromatic rings. The van der Waals surface area contributed by atoms with Crippen molar-refractivity contribution in [1.82, 2.24) is 15.6 Å². The second-order valence-electron chi connectivity index (χ2n) is 5.64. The lowest BCUT2D eigenvalue weighted by Crippen LogP contribution is -2.19. The molecule has 0 fully saturated rings. The molecule has 0 unspecified atom stereocenters. The van der Waals surface area contributed by atoms with E-state index in [2.05, 4.69) is 51.9 Å². The van der Waals surface area contributed by atoms with E-state index in [1.807, 2.05) is 13.0 Å². The molecule has 27 heavy (non-hydrogen) atoms. The maximum atomic E-state index is 11.8. The van der Waals surface area contributed by atoms with E-state index >= 15 is 0 Å². The average Bonchev–Trinajstić information content (AvgIpc) is 3.28. The Morgan fingerprint density at radius 3 is 2.59 bits per heavy atom. The number of aryl methyl sites for hydroxylation is 2. The van der Waals surface area contributed by atoms with Crippen molar-refractivity contribution in [3.05, 3.63) is 59.0 Å². The Balaban J connectivity index is 1.40. The Bertz CT molecular complexity index is 919. The van der Waals surface area contributed by atoms with E-state index in [1.54, 1.807) is 17.8 Å². The molecule has 9 heteroatoms. The van der Waals surface area contributed by atoms with Crippen molar-refractivity contribution in [2.45, 2.75) is 28.3 Å². The molecular weight excluding hydrogens is 400 g/mol. The highest BCUT2D eigenvalue weighted by Gasteiger charge is 2.08. The van der Waals surface area contributed by atoms with E-state index in [-0.39, 0.29) is 11.7 Å². The maximum Gasteiger partial charge on any atom is 0.250 e. The summed E-state index contributed by atoms with van der Waals surface area (Å²) in [4.78, 5) is 11.8. The van der Waals surface area contributed by atoms with Crippen molar-refractivity contribution in [1.29, 1.82) is 0 Å². The average molecular weight is 419 g/mol. The van der Waals surface area contributed by atoms with Gasteiger partial charge in [-0.3, -0.25) is 4.79 Å². The number of furan rings is 1. The monoisotopic (exact) mass is 418 g/mol. The first-order valence-electron chi connectivity index (χ1n) is 8.11. The van der Waals surface area contributed by atoms with Crippen molar-refractivity contribution >= 4 is 47.0 Å². The summed E-state index contributed by atoms with van der Waals surface area (Å²) in [6.07, 6.45) is 1.47. The molecule has 1 N–H and O–H groups in total. The molecule has 0 aliphatic rings. The Morgan fingerprint density at radius 1 is 1.15 bits per heavy atom. The summed E-state index contributed by atoms with van der Waals surface area (Å²) in [5.74, 6) is 2.27. The summed E-state index contributed by atoms with van der Waals surface area (Å²) in [5.41, 5.74) is 4.97. The van der Waals surface area contributed by atoms with Gasteiger partial charge in [0.2, 0.25) is 0 Å². The van der Waals surface area contributed by atoms with Crippen LogP contribution in [0.3, 0.4) is 0 Å². The molecule has 0 radical (unpaired) electrons. The minimum atomic E-state index is -0.205. The van der Waals surface area contributed by atoms with Crippen LogP contribution in [0.25, 0.3) is 0 Å². The quantitative estimate of drug-likeness (QED) is 0.334. The molecule has 1 amide bonds. The topological polar surface area (TPSA) is 80.4 Å². The Labute approximate surface area is 169 Å². The molecule has 1 aromatic carbocycles. The maximum absolute atomic E-state index is 11.8. The fourth-order valence-electron chi connectivity index (χ4n) is 1.99. The molecule has 0 aliphatic carbocycles. The highest BCUT2D eigenvalue weighted by molar-refractivity contribution is 8.03. The van der Waals surface area contributed by atoms with E-state index in [4.69, 9.17) is 4.42 Å². The third-order valence-corrected chi connectivity index (χ3v) is 6.60. The van der Waals surface area contributed by atoms with Crippen LogP contribution < -0.4 is 5.43 Å². The molecule has 0 spiro atoms. The van der Waals surface area contributed by atoms with E-state index in [0.717, 1.165) is 20.2 Å². The van der Waals surface area contributed by atoms with Crippen molar-refractivity contribution in [2.75, 3.05) is 5.75 Å². The van der Waals surface area contributed by atoms with E-state index < -0.39 is 0 Å². The Hall–Kier alpha value is -2.10. The van der Waals surface area contributed by atoms with Gasteiger partial charge in [0.1, 0.15) is 11.5 Å². The van der Waals surface area contributed by atoms with Crippen LogP contribution in [0.5, 0.6) is 0 Å². The lowest BCUT2D eigenvalue weighted by molar-refractivity contribution is -0.118. The van der Waals surface area contributed by atoms with Gasteiger partial charge < -0.3 is 4.42 Å². The number of carbonyl (C=O) groups excluding carboxylic acids is 1. The normalized spacial score (nSPS) is 11.2. The highest BCUT2D eigenvalue weighted by atomic mass is 32.2. The van der Waals surface area contributed by atoms with Crippen molar-refractivity contribution in [3.63, 3.8) is 0 Å². The van der Waals surface area contributed by atoms with Gasteiger partial charge >= 0.3 is 0 Å². The molecule has 0 bridgehead atoms. The number of thioether (sulfide) groups is 2. The number of carbonyl (C=O) groups is 1. The fourth-order valence-corrected chi connectivity index (χ4v) is 4.76.